The van der Waals surface area contributed by atoms with Crippen LogP contribution in [0.4, 0.5) is 4.39 Å². The van der Waals surface area contributed by atoms with E-state index >= 15 is 0 Å². The van der Waals surface area contributed by atoms with E-state index in [0.29, 0.717) is 5.92 Å². The van der Waals surface area contributed by atoms with Crippen molar-refractivity contribution in [3.05, 3.63) is 66.4 Å². The van der Waals surface area contributed by atoms with Crippen molar-refractivity contribution >= 4 is 0 Å². The van der Waals surface area contributed by atoms with E-state index in [4.69, 9.17) is 4.42 Å². The van der Waals surface area contributed by atoms with Gasteiger partial charge < -0.3 is 9.40 Å². The average Bonchev–Trinajstić information content (AvgIpc) is 3.18. The molecule has 1 saturated carbocycles. The van der Waals surface area contributed by atoms with Crippen LogP contribution < -0.4 is 0 Å². The third-order valence-electron chi connectivity index (χ3n) is 4.58. The number of nitrogens with one attached hydrogen (secondary N) is 1. The summed E-state index contributed by atoms with van der Waals surface area (Å²) in [5, 5.41) is 0. The molecule has 1 N–H and O–H groups in total. The molecule has 2 aromatic rings. The van der Waals surface area contributed by atoms with Gasteiger partial charge in [0.05, 0.1) is 5.56 Å². The van der Waals surface area contributed by atoms with Gasteiger partial charge in [0.15, 0.2) is 0 Å². The van der Waals surface area contributed by atoms with E-state index in [2.05, 4.69) is 28.2 Å². The summed E-state index contributed by atoms with van der Waals surface area (Å²) >= 11 is 0. The van der Waals surface area contributed by atoms with E-state index in [1.807, 2.05) is 0 Å². The van der Waals surface area contributed by atoms with Crippen LogP contribution in [0.5, 0.6) is 0 Å². The fourth-order valence-electron chi connectivity index (χ4n) is 3.20. The Morgan fingerprint density at radius 3 is 2.54 bits per heavy atom. The Labute approximate surface area is 138 Å². The molecule has 0 saturated heterocycles. The summed E-state index contributed by atoms with van der Waals surface area (Å²) < 4.78 is 19.5. The highest BCUT2D eigenvalue weighted by atomic mass is 19.1. The normalized spacial score (nSPS) is 14.4. The van der Waals surface area contributed by atoms with Crippen LogP contribution in [-0.2, 0) is 0 Å². The lowest BCUT2D eigenvalue weighted by atomic mass is 10.0. The summed E-state index contributed by atoms with van der Waals surface area (Å²) in [6.45, 7) is 0. The maximum absolute atomic E-state index is 13.3. The lowest BCUT2D eigenvalue weighted by Crippen LogP contribution is -1.87. The van der Waals surface area contributed by atoms with Gasteiger partial charge in [0, 0.05) is 23.9 Å². The van der Waals surface area contributed by atoms with Gasteiger partial charge in [0.25, 0.3) is 0 Å². The Hall–Kier alpha value is -2.88. The maximum Gasteiger partial charge on any atom is 0.145 e. The Bertz CT molecular complexity index is 966. The molecule has 5 rings (SSSR count). The van der Waals surface area contributed by atoms with E-state index in [1.165, 1.54) is 25.0 Å². The molecule has 118 valence electrons. The van der Waals surface area contributed by atoms with E-state index in [1.54, 1.807) is 24.5 Å². The number of hydrogen-bond acceptors (Lipinski definition) is 2. The lowest BCUT2D eigenvalue weighted by molar-refractivity contribution is 0.510. The first-order valence-corrected chi connectivity index (χ1v) is 8.12. The molecule has 24 heavy (non-hydrogen) atoms. The molecule has 1 fully saturated rings. The Kier molecular flexibility index (Phi) is 2.86. The Morgan fingerprint density at radius 2 is 1.83 bits per heavy atom. The van der Waals surface area contributed by atoms with Crippen molar-refractivity contribution in [1.29, 1.82) is 0 Å². The van der Waals surface area contributed by atoms with Gasteiger partial charge in [-0.25, -0.2) is 9.37 Å². The topological polar surface area (TPSA) is 41.8 Å². The first-order chi connectivity index (χ1) is 11.8. The van der Waals surface area contributed by atoms with Crippen LogP contribution in [0.3, 0.4) is 0 Å². The fraction of sp³-hybridized carbons (Fsp3) is 0.150. The Morgan fingerprint density at radius 1 is 1.04 bits per heavy atom. The highest BCUT2D eigenvalue weighted by Gasteiger charge is 2.29. The van der Waals surface area contributed by atoms with Gasteiger partial charge in [0.1, 0.15) is 23.2 Å². The van der Waals surface area contributed by atoms with E-state index in [9.17, 15) is 4.39 Å². The molecule has 2 aliphatic carbocycles. The summed E-state index contributed by atoms with van der Waals surface area (Å²) in [5.41, 5.74) is 3.91. The number of imidazole rings is 1. The van der Waals surface area contributed by atoms with Crippen molar-refractivity contribution in [2.75, 3.05) is 0 Å². The minimum Gasteiger partial charge on any atom is -0.460 e. The average molecular weight is 318 g/mol. The number of hydrogen-bond donors (Lipinski definition) is 1. The third kappa shape index (κ3) is 2.14. The largest absolute Gasteiger partial charge is 0.460 e. The van der Waals surface area contributed by atoms with Crippen LogP contribution in [0.15, 0.2) is 59.3 Å². The molecule has 1 aromatic heterocycles. The summed E-state index contributed by atoms with van der Waals surface area (Å²) in [5.74, 6) is 2.94. The number of halogens is 1. The van der Waals surface area contributed by atoms with Crippen molar-refractivity contribution in [1.82, 2.24) is 9.97 Å². The van der Waals surface area contributed by atoms with Crippen molar-refractivity contribution in [3.63, 3.8) is 0 Å². The molecule has 1 aromatic carbocycles. The second-order valence-electron chi connectivity index (χ2n) is 6.27. The zero-order chi connectivity index (χ0) is 16.1. The second-order valence-corrected chi connectivity index (χ2v) is 6.27. The SMILES string of the molecule is Fc1ccc(-c2cc3ccc(C4CC4)oc-3c2-c2ncc[nH]2)cc1. The number of aromatic nitrogens is 2. The highest BCUT2D eigenvalue weighted by Crippen LogP contribution is 2.47. The zero-order valence-electron chi connectivity index (χ0n) is 12.9. The molecular formula is C20H15FN2O. The molecule has 3 nitrogen and oxygen atoms in total. The van der Waals surface area contributed by atoms with Crippen LogP contribution in [-0.4, -0.2) is 9.97 Å². The van der Waals surface area contributed by atoms with Crippen molar-refractivity contribution in [2.24, 2.45) is 0 Å². The van der Waals surface area contributed by atoms with Crippen LogP contribution in [0.1, 0.15) is 24.5 Å². The maximum atomic E-state index is 13.3. The van der Waals surface area contributed by atoms with Gasteiger partial charge in [-0.15, -0.1) is 0 Å². The van der Waals surface area contributed by atoms with E-state index in [-0.39, 0.29) is 5.82 Å². The first kappa shape index (κ1) is 13.5. The number of benzene rings is 1. The smallest absolute Gasteiger partial charge is 0.145 e. The zero-order valence-corrected chi connectivity index (χ0v) is 12.9. The summed E-state index contributed by atoms with van der Waals surface area (Å²) in [6, 6.07) is 12.8. The number of fused-ring (bicyclic) bond motifs is 1. The minimum atomic E-state index is -0.241. The molecule has 0 atom stereocenters. The minimum absolute atomic E-state index is 0.241. The first-order valence-electron chi connectivity index (χ1n) is 8.12. The summed E-state index contributed by atoms with van der Waals surface area (Å²) in [7, 11) is 0. The van der Waals surface area contributed by atoms with Crippen LogP contribution >= 0.6 is 0 Å². The number of rotatable bonds is 3. The molecule has 4 heteroatoms. The molecule has 0 radical (unpaired) electrons. The molecule has 0 amide bonds. The van der Waals surface area contributed by atoms with E-state index in [0.717, 1.165) is 39.6 Å². The summed E-state index contributed by atoms with van der Waals surface area (Å²) in [4.78, 5) is 7.59. The Balaban J connectivity index is 1.77. The van der Waals surface area contributed by atoms with Crippen LogP contribution in [0, 0.1) is 5.82 Å². The molecule has 0 bridgehead atoms. The number of nitrogens with zero attached hydrogens (tertiary/aromatic N) is 1. The third-order valence-corrected chi connectivity index (χ3v) is 4.58. The monoisotopic (exact) mass is 318 g/mol. The second kappa shape index (κ2) is 5.06. The quantitative estimate of drug-likeness (QED) is 0.545. The van der Waals surface area contributed by atoms with Gasteiger partial charge in [0.2, 0.25) is 0 Å². The van der Waals surface area contributed by atoms with Crippen molar-refractivity contribution < 1.29 is 8.81 Å². The van der Waals surface area contributed by atoms with E-state index < -0.39 is 0 Å². The highest BCUT2D eigenvalue weighted by molar-refractivity contribution is 5.94. The molecule has 3 aliphatic rings. The molecule has 0 unspecified atom stereocenters. The van der Waals surface area contributed by atoms with Crippen LogP contribution in [0.2, 0.25) is 0 Å². The van der Waals surface area contributed by atoms with Gasteiger partial charge in [-0.2, -0.15) is 0 Å². The predicted octanol–water partition coefficient (Wildman–Crippen LogP) is 5.46. The van der Waals surface area contributed by atoms with Crippen molar-refractivity contribution in [3.8, 4) is 33.8 Å². The molecule has 2 heterocycles. The van der Waals surface area contributed by atoms with Gasteiger partial charge in [-0.3, -0.25) is 0 Å². The molecule has 1 aliphatic heterocycles. The van der Waals surface area contributed by atoms with Gasteiger partial charge >= 0.3 is 0 Å². The lowest BCUT2D eigenvalue weighted by Gasteiger charge is -2.06. The standard InChI is InChI=1S/C20H15FN2O/c21-15-6-3-12(4-7-15)16-11-14-5-8-17(13-1-2-13)24-19(14)18(16)20-22-9-10-23-20/h3-11,13H,1-2H2,(H,22,23). The molecular weight excluding hydrogens is 303 g/mol. The predicted molar refractivity (Wildman–Crippen MR) is 90.3 cm³/mol. The summed E-state index contributed by atoms with van der Waals surface area (Å²) in [6.07, 6.45) is 5.91. The van der Waals surface area contributed by atoms with Crippen molar-refractivity contribution in [2.45, 2.75) is 18.8 Å². The molecule has 0 spiro atoms. The van der Waals surface area contributed by atoms with Gasteiger partial charge in [-0.05, 0) is 54.3 Å². The number of H-pyrrole nitrogens is 1. The number of aromatic amines is 1. The fourth-order valence-corrected chi connectivity index (χ4v) is 3.20. The van der Waals surface area contributed by atoms with Crippen LogP contribution in [0.25, 0.3) is 33.8 Å². The van der Waals surface area contributed by atoms with Gasteiger partial charge in [-0.1, -0.05) is 12.1 Å².